The first-order chi connectivity index (χ1) is 11.1. The van der Waals surface area contributed by atoms with Crippen LogP contribution in [0.15, 0.2) is 47.4 Å². The summed E-state index contributed by atoms with van der Waals surface area (Å²) in [6.45, 7) is 0. The summed E-state index contributed by atoms with van der Waals surface area (Å²) in [7, 11) is 0. The molecule has 0 radical (unpaired) electrons. The Labute approximate surface area is 142 Å². The highest BCUT2D eigenvalue weighted by atomic mass is 35.5. The molecule has 0 bridgehead atoms. The maximum Gasteiger partial charge on any atom is 0.261 e. The van der Waals surface area contributed by atoms with E-state index in [9.17, 15) is 4.79 Å². The van der Waals surface area contributed by atoms with Crippen LogP contribution >= 0.6 is 23.2 Å². The van der Waals surface area contributed by atoms with Crippen molar-refractivity contribution in [3.63, 3.8) is 0 Å². The molecule has 0 fully saturated rings. The van der Waals surface area contributed by atoms with Crippen molar-refractivity contribution in [1.82, 2.24) is 9.38 Å². The van der Waals surface area contributed by atoms with Gasteiger partial charge in [-0.3, -0.25) is 9.20 Å². The Bertz CT molecular complexity index is 1010. The lowest BCUT2D eigenvalue weighted by molar-refractivity contribution is 0.971. The summed E-state index contributed by atoms with van der Waals surface area (Å²) in [5.74, 6) is 0. The van der Waals surface area contributed by atoms with Crippen LogP contribution in [0.5, 0.6) is 0 Å². The first kappa shape index (κ1) is 14.5. The van der Waals surface area contributed by atoms with Gasteiger partial charge in [0.15, 0.2) is 5.65 Å². The number of aromatic nitrogens is 2. The fourth-order valence-electron chi connectivity index (χ4n) is 2.96. The van der Waals surface area contributed by atoms with Gasteiger partial charge in [0.05, 0.1) is 15.7 Å². The van der Waals surface area contributed by atoms with Crippen LogP contribution in [0.4, 0.5) is 0 Å². The van der Waals surface area contributed by atoms with Gasteiger partial charge in [0.2, 0.25) is 0 Å². The van der Waals surface area contributed by atoms with E-state index in [0.29, 0.717) is 22.1 Å². The van der Waals surface area contributed by atoms with Crippen molar-refractivity contribution in [3.8, 4) is 0 Å². The molecule has 1 aliphatic carbocycles. The predicted molar refractivity (Wildman–Crippen MR) is 94.1 cm³/mol. The molecule has 2 aromatic heterocycles. The summed E-state index contributed by atoms with van der Waals surface area (Å²) >= 11 is 12.2. The molecule has 0 atom stereocenters. The fraction of sp³-hybridized carbons (Fsp3) is 0.111. The van der Waals surface area contributed by atoms with Gasteiger partial charge in [-0.15, -0.1) is 0 Å². The minimum atomic E-state index is -0.0918. The SMILES string of the molecule is O=c1c2c(nc3c(Cl)cc(Cl)cn13)C(=Cc1ccccc1)CC2. The summed E-state index contributed by atoms with van der Waals surface area (Å²) in [6, 6.07) is 11.6. The minimum absolute atomic E-state index is 0.0918. The smallest absolute Gasteiger partial charge is 0.261 e. The fourth-order valence-corrected chi connectivity index (χ4v) is 3.48. The second-order valence-electron chi connectivity index (χ2n) is 5.52. The number of nitrogens with zero attached hydrogens (tertiary/aromatic N) is 2. The number of pyridine rings is 1. The molecular weight excluding hydrogens is 331 g/mol. The quantitative estimate of drug-likeness (QED) is 0.653. The summed E-state index contributed by atoms with van der Waals surface area (Å²) in [5, 5.41) is 0.799. The molecule has 0 saturated carbocycles. The maximum absolute atomic E-state index is 12.7. The number of hydrogen-bond acceptors (Lipinski definition) is 2. The topological polar surface area (TPSA) is 34.4 Å². The van der Waals surface area contributed by atoms with Gasteiger partial charge in [0.25, 0.3) is 5.56 Å². The highest BCUT2D eigenvalue weighted by Crippen LogP contribution is 2.32. The largest absolute Gasteiger partial charge is 0.269 e. The molecule has 2 heterocycles. The van der Waals surface area contributed by atoms with E-state index in [4.69, 9.17) is 23.2 Å². The predicted octanol–water partition coefficient (Wildman–Crippen LogP) is 4.49. The average molecular weight is 343 g/mol. The molecular formula is C18H12Cl2N2O. The van der Waals surface area contributed by atoms with E-state index >= 15 is 0 Å². The number of hydrogen-bond donors (Lipinski definition) is 0. The average Bonchev–Trinajstić information content (AvgIpc) is 2.93. The molecule has 5 heteroatoms. The Morgan fingerprint density at radius 2 is 1.91 bits per heavy atom. The molecule has 0 N–H and O–H groups in total. The maximum atomic E-state index is 12.7. The molecule has 1 aliphatic rings. The van der Waals surface area contributed by atoms with Crippen LogP contribution in [0.1, 0.15) is 23.2 Å². The first-order valence-corrected chi connectivity index (χ1v) is 8.05. The van der Waals surface area contributed by atoms with Crippen molar-refractivity contribution in [2.45, 2.75) is 12.8 Å². The van der Waals surface area contributed by atoms with Gasteiger partial charge >= 0.3 is 0 Å². The van der Waals surface area contributed by atoms with Crippen LogP contribution in [0.2, 0.25) is 10.0 Å². The lowest BCUT2D eigenvalue weighted by atomic mass is 10.1. The van der Waals surface area contributed by atoms with Gasteiger partial charge < -0.3 is 0 Å². The van der Waals surface area contributed by atoms with E-state index in [2.05, 4.69) is 11.1 Å². The van der Waals surface area contributed by atoms with Crippen molar-refractivity contribution in [2.75, 3.05) is 0 Å². The zero-order chi connectivity index (χ0) is 16.0. The molecule has 0 spiro atoms. The van der Waals surface area contributed by atoms with E-state index in [1.54, 1.807) is 12.3 Å². The molecule has 23 heavy (non-hydrogen) atoms. The van der Waals surface area contributed by atoms with Crippen LogP contribution in [0, 0.1) is 0 Å². The number of fused-ring (bicyclic) bond motifs is 2. The Morgan fingerprint density at radius 3 is 2.70 bits per heavy atom. The number of rotatable bonds is 1. The van der Waals surface area contributed by atoms with Crippen LogP contribution in [0.25, 0.3) is 17.3 Å². The number of benzene rings is 1. The standard InChI is InChI=1S/C18H12Cl2N2O/c19-13-9-15(20)17-21-16-12(8-11-4-2-1-3-5-11)6-7-14(16)18(23)22(17)10-13/h1-5,8-10H,6-7H2. The molecule has 114 valence electrons. The monoisotopic (exact) mass is 342 g/mol. The number of halogens is 2. The molecule has 4 rings (SSSR count). The van der Waals surface area contributed by atoms with Gasteiger partial charge in [0, 0.05) is 11.8 Å². The van der Waals surface area contributed by atoms with Crippen LogP contribution < -0.4 is 5.56 Å². The Balaban J connectivity index is 1.96. The lowest BCUT2D eigenvalue weighted by Gasteiger charge is -2.07. The lowest BCUT2D eigenvalue weighted by Crippen LogP contribution is -2.20. The highest BCUT2D eigenvalue weighted by molar-refractivity contribution is 6.36. The summed E-state index contributed by atoms with van der Waals surface area (Å²) in [4.78, 5) is 17.3. The van der Waals surface area contributed by atoms with Crippen LogP contribution in [-0.2, 0) is 6.42 Å². The third-order valence-electron chi connectivity index (χ3n) is 4.03. The van der Waals surface area contributed by atoms with Crippen molar-refractivity contribution in [2.24, 2.45) is 0 Å². The molecule has 0 unspecified atom stereocenters. The van der Waals surface area contributed by atoms with Gasteiger partial charge in [-0.25, -0.2) is 4.98 Å². The molecule has 0 saturated heterocycles. The van der Waals surface area contributed by atoms with Gasteiger partial charge in [-0.1, -0.05) is 53.5 Å². The van der Waals surface area contributed by atoms with E-state index < -0.39 is 0 Å². The normalized spacial score (nSPS) is 15.3. The molecule has 0 aliphatic heterocycles. The molecule has 3 aromatic rings. The first-order valence-electron chi connectivity index (χ1n) is 7.30. The summed E-state index contributed by atoms with van der Waals surface area (Å²) < 4.78 is 1.44. The zero-order valence-electron chi connectivity index (χ0n) is 12.1. The second-order valence-corrected chi connectivity index (χ2v) is 6.37. The van der Waals surface area contributed by atoms with Crippen LogP contribution in [-0.4, -0.2) is 9.38 Å². The summed E-state index contributed by atoms with van der Waals surface area (Å²) in [5.41, 5.74) is 3.99. The van der Waals surface area contributed by atoms with Gasteiger partial charge in [-0.2, -0.15) is 0 Å². The van der Waals surface area contributed by atoms with Gasteiger partial charge in [-0.05, 0) is 36.1 Å². The second kappa shape index (κ2) is 5.52. The Kier molecular flexibility index (Phi) is 3.47. The zero-order valence-corrected chi connectivity index (χ0v) is 13.6. The minimum Gasteiger partial charge on any atom is -0.269 e. The van der Waals surface area contributed by atoms with E-state index in [0.717, 1.165) is 28.8 Å². The van der Waals surface area contributed by atoms with E-state index in [-0.39, 0.29) is 5.56 Å². The third-order valence-corrected chi connectivity index (χ3v) is 4.51. The molecule has 0 amide bonds. The third kappa shape index (κ3) is 2.46. The highest BCUT2D eigenvalue weighted by Gasteiger charge is 2.23. The van der Waals surface area contributed by atoms with E-state index in [1.807, 2.05) is 30.3 Å². The number of allylic oxidation sites excluding steroid dienone is 1. The molecule has 3 nitrogen and oxygen atoms in total. The van der Waals surface area contributed by atoms with Crippen molar-refractivity contribution in [3.05, 3.63) is 79.8 Å². The van der Waals surface area contributed by atoms with Gasteiger partial charge in [0.1, 0.15) is 0 Å². The van der Waals surface area contributed by atoms with E-state index in [1.165, 1.54) is 4.40 Å². The van der Waals surface area contributed by atoms with Crippen molar-refractivity contribution in [1.29, 1.82) is 0 Å². The van der Waals surface area contributed by atoms with Crippen LogP contribution in [0.3, 0.4) is 0 Å². The van der Waals surface area contributed by atoms with Crippen molar-refractivity contribution >= 4 is 40.5 Å². The molecule has 1 aromatic carbocycles. The Morgan fingerprint density at radius 1 is 1.13 bits per heavy atom. The Hall–Kier alpha value is -2.10. The van der Waals surface area contributed by atoms with Crippen molar-refractivity contribution < 1.29 is 0 Å². The summed E-state index contributed by atoms with van der Waals surface area (Å²) in [6.07, 6.45) is 5.14.